The summed E-state index contributed by atoms with van der Waals surface area (Å²) in [7, 11) is 0. The number of nitrogens with one attached hydrogen (secondary N) is 2. The Balaban J connectivity index is 1.54. The van der Waals surface area contributed by atoms with Crippen molar-refractivity contribution in [3.8, 4) is 16.9 Å². The van der Waals surface area contributed by atoms with Crippen LogP contribution >= 0.6 is 0 Å². The van der Waals surface area contributed by atoms with Gasteiger partial charge >= 0.3 is 0 Å². The molecular formula is C20H16N4O2. The van der Waals surface area contributed by atoms with Gasteiger partial charge in [-0.2, -0.15) is 5.10 Å². The van der Waals surface area contributed by atoms with E-state index in [1.165, 1.54) is 5.56 Å². The van der Waals surface area contributed by atoms with Gasteiger partial charge in [-0.25, -0.2) is 4.98 Å². The molecule has 0 bridgehead atoms. The van der Waals surface area contributed by atoms with Gasteiger partial charge in [-0.3, -0.25) is 9.89 Å². The molecule has 6 nitrogen and oxygen atoms in total. The van der Waals surface area contributed by atoms with Crippen LogP contribution in [0.25, 0.3) is 22.0 Å². The number of benzene rings is 2. The fraction of sp³-hybridized carbons (Fsp3) is 0.150. The van der Waals surface area contributed by atoms with Crippen LogP contribution in [0.4, 0.5) is 0 Å². The molecule has 0 aliphatic carbocycles. The number of H-pyrrole nitrogens is 2. The van der Waals surface area contributed by atoms with Gasteiger partial charge in [0.1, 0.15) is 5.75 Å². The number of fused-ring (bicyclic) bond motifs is 2. The highest BCUT2D eigenvalue weighted by atomic mass is 16.5. The van der Waals surface area contributed by atoms with Crippen LogP contribution in [-0.2, 0) is 6.42 Å². The molecule has 5 rings (SSSR count). The SMILES string of the molecule is O=c1[nH]c(C2CCc3ccccc3O2)nc2ccc(-c3cn[nH]c3)cc12. The summed E-state index contributed by atoms with van der Waals surface area (Å²) in [5, 5.41) is 7.29. The molecule has 0 saturated carbocycles. The number of para-hydroxylation sites is 1. The molecule has 4 aromatic rings. The van der Waals surface area contributed by atoms with Crippen molar-refractivity contribution in [1.82, 2.24) is 20.2 Å². The minimum absolute atomic E-state index is 0.155. The first kappa shape index (κ1) is 14.9. The Morgan fingerprint density at radius 2 is 2.04 bits per heavy atom. The summed E-state index contributed by atoms with van der Waals surface area (Å²) < 4.78 is 6.06. The largest absolute Gasteiger partial charge is 0.482 e. The van der Waals surface area contributed by atoms with Crippen molar-refractivity contribution in [3.05, 3.63) is 76.6 Å². The summed E-state index contributed by atoms with van der Waals surface area (Å²) in [5.74, 6) is 1.44. The lowest BCUT2D eigenvalue weighted by Gasteiger charge is -2.25. The van der Waals surface area contributed by atoms with Crippen molar-refractivity contribution in [3.63, 3.8) is 0 Å². The molecule has 0 saturated heterocycles. The first-order chi connectivity index (χ1) is 12.8. The summed E-state index contributed by atoms with van der Waals surface area (Å²) in [4.78, 5) is 20.2. The topological polar surface area (TPSA) is 83.7 Å². The molecule has 0 radical (unpaired) electrons. The molecule has 26 heavy (non-hydrogen) atoms. The number of aryl methyl sites for hydroxylation is 1. The molecule has 0 spiro atoms. The smallest absolute Gasteiger partial charge is 0.258 e. The zero-order chi connectivity index (χ0) is 17.5. The number of rotatable bonds is 2. The molecule has 1 aliphatic rings. The van der Waals surface area contributed by atoms with Crippen LogP contribution < -0.4 is 10.3 Å². The molecule has 128 valence electrons. The number of aromatic nitrogens is 4. The Kier molecular flexibility index (Phi) is 3.35. The van der Waals surface area contributed by atoms with E-state index in [-0.39, 0.29) is 11.7 Å². The van der Waals surface area contributed by atoms with Gasteiger partial charge in [0, 0.05) is 11.8 Å². The van der Waals surface area contributed by atoms with E-state index in [1.807, 2.05) is 36.4 Å². The summed E-state index contributed by atoms with van der Waals surface area (Å²) in [6.45, 7) is 0. The van der Waals surface area contributed by atoms with Gasteiger partial charge in [0.15, 0.2) is 11.9 Å². The second-order valence-corrected chi connectivity index (χ2v) is 6.42. The van der Waals surface area contributed by atoms with E-state index in [2.05, 4.69) is 26.2 Å². The Hall–Kier alpha value is -3.41. The third kappa shape index (κ3) is 2.47. The van der Waals surface area contributed by atoms with Gasteiger partial charge in [0.25, 0.3) is 5.56 Å². The van der Waals surface area contributed by atoms with Crippen molar-refractivity contribution in [2.75, 3.05) is 0 Å². The van der Waals surface area contributed by atoms with E-state index in [0.717, 1.165) is 29.7 Å². The van der Waals surface area contributed by atoms with E-state index in [9.17, 15) is 4.79 Å². The van der Waals surface area contributed by atoms with Gasteiger partial charge in [-0.05, 0) is 42.2 Å². The van der Waals surface area contributed by atoms with Crippen LogP contribution in [-0.4, -0.2) is 20.2 Å². The zero-order valence-corrected chi connectivity index (χ0v) is 13.9. The maximum absolute atomic E-state index is 12.6. The Labute approximate surface area is 148 Å². The molecule has 0 amide bonds. The minimum atomic E-state index is -0.240. The second kappa shape index (κ2) is 5.84. The summed E-state index contributed by atoms with van der Waals surface area (Å²) in [6.07, 6.45) is 4.98. The molecule has 1 atom stereocenters. The molecule has 2 N–H and O–H groups in total. The lowest BCUT2D eigenvalue weighted by Crippen LogP contribution is -2.21. The first-order valence-electron chi connectivity index (χ1n) is 8.55. The molecule has 6 heteroatoms. The van der Waals surface area contributed by atoms with E-state index in [4.69, 9.17) is 4.74 Å². The fourth-order valence-corrected chi connectivity index (χ4v) is 3.41. The van der Waals surface area contributed by atoms with Crippen LogP contribution in [0.3, 0.4) is 0 Å². The predicted molar refractivity (Wildman–Crippen MR) is 98.1 cm³/mol. The quantitative estimate of drug-likeness (QED) is 0.584. The van der Waals surface area contributed by atoms with Crippen LogP contribution in [0.1, 0.15) is 23.9 Å². The van der Waals surface area contributed by atoms with Crippen molar-refractivity contribution in [2.24, 2.45) is 0 Å². The minimum Gasteiger partial charge on any atom is -0.482 e. The molecule has 2 aromatic carbocycles. The van der Waals surface area contributed by atoms with Gasteiger partial charge in [0.2, 0.25) is 0 Å². The lowest BCUT2D eigenvalue weighted by atomic mass is 10.0. The van der Waals surface area contributed by atoms with Crippen LogP contribution in [0.2, 0.25) is 0 Å². The van der Waals surface area contributed by atoms with E-state index < -0.39 is 0 Å². The fourth-order valence-electron chi connectivity index (χ4n) is 3.41. The molecular weight excluding hydrogens is 328 g/mol. The number of nitrogens with zero attached hydrogens (tertiary/aromatic N) is 2. The number of hydrogen-bond donors (Lipinski definition) is 2. The molecule has 2 aromatic heterocycles. The van der Waals surface area contributed by atoms with E-state index >= 15 is 0 Å². The highest BCUT2D eigenvalue weighted by Crippen LogP contribution is 2.33. The second-order valence-electron chi connectivity index (χ2n) is 6.42. The zero-order valence-electron chi connectivity index (χ0n) is 13.9. The maximum atomic E-state index is 12.6. The standard InChI is InChI=1S/C20H16N4O2/c25-20-15-9-13(14-10-21-22-11-14)5-7-16(15)23-19(24-20)18-8-6-12-3-1-2-4-17(12)26-18/h1-5,7,9-11,18H,6,8H2,(H,21,22)(H,23,24,25). The van der Waals surface area contributed by atoms with Gasteiger partial charge in [-0.1, -0.05) is 24.3 Å². The summed E-state index contributed by atoms with van der Waals surface area (Å²) >= 11 is 0. The molecule has 1 unspecified atom stereocenters. The van der Waals surface area contributed by atoms with E-state index in [1.54, 1.807) is 12.4 Å². The van der Waals surface area contributed by atoms with Crippen molar-refractivity contribution in [2.45, 2.75) is 18.9 Å². The summed E-state index contributed by atoms with van der Waals surface area (Å²) in [5.41, 5.74) is 3.56. The van der Waals surface area contributed by atoms with Gasteiger partial charge in [-0.15, -0.1) is 0 Å². The van der Waals surface area contributed by atoms with Gasteiger partial charge in [0.05, 0.1) is 17.1 Å². The third-order valence-corrected chi connectivity index (χ3v) is 4.78. The molecule has 3 heterocycles. The number of aromatic amines is 2. The Morgan fingerprint density at radius 3 is 2.92 bits per heavy atom. The molecule has 1 aliphatic heterocycles. The first-order valence-corrected chi connectivity index (χ1v) is 8.55. The average Bonchev–Trinajstić information content (AvgIpc) is 3.22. The normalized spacial score (nSPS) is 16.2. The van der Waals surface area contributed by atoms with Crippen molar-refractivity contribution >= 4 is 10.9 Å². The van der Waals surface area contributed by atoms with Crippen molar-refractivity contribution in [1.29, 1.82) is 0 Å². The maximum Gasteiger partial charge on any atom is 0.258 e. The van der Waals surface area contributed by atoms with Crippen LogP contribution in [0, 0.1) is 0 Å². The summed E-state index contributed by atoms with van der Waals surface area (Å²) in [6, 6.07) is 13.6. The van der Waals surface area contributed by atoms with Crippen molar-refractivity contribution < 1.29 is 4.74 Å². The van der Waals surface area contributed by atoms with E-state index in [0.29, 0.717) is 16.7 Å². The predicted octanol–water partition coefficient (Wildman–Crippen LogP) is 3.38. The number of ether oxygens (including phenoxy) is 1. The molecule has 0 fully saturated rings. The van der Waals surface area contributed by atoms with Crippen LogP contribution in [0.5, 0.6) is 5.75 Å². The highest BCUT2D eigenvalue weighted by molar-refractivity contribution is 5.83. The Bertz CT molecular complexity index is 1150. The van der Waals surface area contributed by atoms with Crippen LogP contribution in [0.15, 0.2) is 59.7 Å². The monoisotopic (exact) mass is 344 g/mol. The number of hydrogen-bond acceptors (Lipinski definition) is 4. The third-order valence-electron chi connectivity index (χ3n) is 4.78. The highest BCUT2D eigenvalue weighted by Gasteiger charge is 2.23. The van der Waals surface area contributed by atoms with Gasteiger partial charge < -0.3 is 9.72 Å². The lowest BCUT2D eigenvalue weighted by molar-refractivity contribution is 0.167. The average molecular weight is 344 g/mol. The Morgan fingerprint density at radius 1 is 1.12 bits per heavy atom.